The predicted molar refractivity (Wildman–Crippen MR) is 112 cm³/mol. The third-order valence-corrected chi connectivity index (χ3v) is 4.71. The molecule has 15 heteroatoms. The molecule has 32 heavy (non-hydrogen) atoms. The molecule has 182 valence electrons. The molecule has 0 aliphatic rings. The van der Waals surface area contributed by atoms with Gasteiger partial charge in [-0.15, -0.1) is 0 Å². The highest BCUT2D eigenvalue weighted by atomic mass is 32.2. The molecule has 14 nitrogen and oxygen atoms in total. The Hall–Kier alpha value is -2.91. The summed E-state index contributed by atoms with van der Waals surface area (Å²) >= 11 is 1.43. The number of aliphatic carboxylic acids is 2. The van der Waals surface area contributed by atoms with Crippen molar-refractivity contribution in [2.75, 3.05) is 12.0 Å². The molecule has 0 bridgehead atoms. The first-order valence-electron chi connectivity index (χ1n) is 9.36. The van der Waals surface area contributed by atoms with E-state index in [1.165, 1.54) is 11.8 Å². The number of carboxylic acid groups (broad SMARTS) is 2. The molecule has 0 rings (SSSR count). The van der Waals surface area contributed by atoms with Gasteiger partial charge in [-0.1, -0.05) is 0 Å². The average Bonchev–Trinajstić information content (AvgIpc) is 2.67. The van der Waals surface area contributed by atoms with Crippen LogP contribution < -0.4 is 27.4 Å². The monoisotopic (exact) mass is 479 g/mol. The number of primary amides is 1. The molecule has 0 aromatic carbocycles. The molecule has 0 fully saturated rings. The van der Waals surface area contributed by atoms with E-state index in [-0.39, 0.29) is 6.42 Å². The SMILES string of the molecule is CSCCC(N)C(=O)NC(CC(=O)O)C(=O)NC(CC(N)=O)C(=O)NC(C(=O)O)C(C)O. The Morgan fingerprint density at radius 1 is 0.906 bits per heavy atom. The van der Waals surface area contributed by atoms with Crippen LogP contribution >= 0.6 is 11.8 Å². The van der Waals surface area contributed by atoms with E-state index in [2.05, 4.69) is 10.6 Å². The van der Waals surface area contributed by atoms with Crippen LogP contribution in [-0.4, -0.2) is 93.2 Å². The van der Waals surface area contributed by atoms with Crippen molar-refractivity contribution in [1.29, 1.82) is 0 Å². The number of hydrogen-bond donors (Lipinski definition) is 8. The van der Waals surface area contributed by atoms with Crippen LogP contribution in [0, 0.1) is 0 Å². The predicted octanol–water partition coefficient (Wildman–Crippen LogP) is -3.66. The average molecular weight is 480 g/mol. The minimum Gasteiger partial charge on any atom is -0.481 e. The molecule has 0 heterocycles. The molecule has 5 unspecified atom stereocenters. The number of nitrogens with two attached hydrogens (primary N) is 2. The van der Waals surface area contributed by atoms with E-state index < -0.39 is 78.7 Å². The number of aliphatic hydroxyl groups is 1. The van der Waals surface area contributed by atoms with Gasteiger partial charge in [0.1, 0.15) is 12.1 Å². The van der Waals surface area contributed by atoms with Crippen LogP contribution in [0.2, 0.25) is 0 Å². The molecule has 10 N–H and O–H groups in total. The molecule has 4 amide bonds. The number of carboxylic acids is 2. The normalized spacial score (nSPS) is 15.4. The van der Waals surface area contributed by atoms with E-state index in [1.54, 1.807) is 6.26 Å². The van der Waals surface area contributed by atoms with Crippen LogP contribution in [-0.2, 0) is 28.8 Å². The lowest BCUT2D eigenvalue weighted by atomic mass is 10.1. The maximum absolute atomic E-state index is 12.6. The maximum Gasteiger partial charge on any atom is 0.328 e. The van der Waals surface area contributed by atoms with Crippen LogP contribution in [0.1, 0.15) is 26.2 Å². The fourth-order valence-corrected chi connectivity index (χ4v) is 2.85. The van der Waals surface area contributed by atoms with E-state index in [1.807, 2.05) is 5.32 Å². The standard InChI is InChI=1S/C17H29N5O9S/c1-7(23)13(17(30)31)22-16(29)9(5-11(19)24)21-15(28)10(6-12(25)26)20-14(27)8(18)3-4-32-2/h7-10,13,23H,3-6,18H2,1-2H3,(H2,19,24)(H,20,27)(H,21,28)(H,22,29)(H,25,26)(H,30,31). The number of thioether (sulfide) groups is 1. The lowest BCUT2D eigenvalue weighted by molar-refractivity contribution is -0.145. The third kappa shape index (κ3) is 10.9. The van der Waals surface area contributed by atoms with Crippen molar-refractivity contribution < 1.29 is 44.1 Å². The fourth-order valence-electron chi connectivity index (χ4n) is 2.36. The molecule has 0 aliphatic carbocycles. The number of carbonyl (C=O) groups is 6. The van der Waals surface area contributed by atoms with Gasteiger partial charge >= 0.3 is 11.9 Å². The highest BCUT2D eigenvalue weighted by Crippen LogP contribution is 2.03. The molecular formula is C17H29N5O9S. The summed E-state index contributed by atoms with van der Waals surface area (Å²) in [6.07, 6.45) is -1.07. The number of aliphatic hydroxyl groups excluding tert-OH is 1. The number of nitrogens with one attached hydrogen (secondary N) is 3. The van der Waals surface area contributed by atoms with Crippen LogP contribution in [0.25, 0.3) is 0 Å². The van der Waals surface area contributed by atoms with E-state index in [9.17, 15) is 33.9 Å². The van der Waals surface area contributed by atoms with Crippen molar-refractivity contribution in [2.24, 2.45) is 11.5 Å². The number of carbonyl (C=O) groups excluding carboxylic acids is 4. The first kappa shape index (κ1) is 29.1. The van der Waals surface area contributed by atoms with Gasteiger partial charge in [-0.25, -0.2) is 4.79 Å². The summed E-state index contributed by atoms with van der Waals surface area (Å²) in [6.45, 7) is 1.10. The van der Waals surface area contributed by atoms with E-state index in [0.29, 0.717) is 5.75 Å². The van der Waals surface area contributed by atoms with Gasteiger partial charge in [0.2, 0.25) is 23.6 Å². The second-order valence-corrected chi connectivity index (χ2v) is 7.83. The Morgan fingerprint density at radius 2 is 1.41 bits per heavy atom. The minimum atomic E-state index is -1.75. The van der Waals surface area contributed by atoms with E-state index in [4.69, 9.17) is 21.7 Å². The Morgan fingerprint density at radius 3 is 1.84 bits per heavy atom. The summed E-state index contributed by atoms with van der Waals surface area (Å²) in [6, 6.07) is -6.10. The third-order valence-electron chi connectivity index (χ3n) is 4.07. The molecule has 0 aliphatic heterocycles. The molecule has 0 spiro atoms. The molecule has 5 atom stereocenters. The van der Waals surface area contributed by atoms with Gasteiger partial charge in [0, 0.05) is 0 Å². The van der Waals surface area contributed by atoms with Crippen LogP contribution in [0.5, 0.6) is 0 Å². The van der Waals surface area contributed by atoms with Gasteiger partial charge in [0.15, 0.2) is 6.04 Å². The summed E-state index contributed by atoms with van der Waals surface area (Å²) in [4.78, 5) is 70.7. The van der Waals surface area contributed by atoms with Crippen molar-refractivity contribution in [3.05, 3.63) is 0 Å². The zero-order chi connectivity index (χ0) is 25.0. The Labute approximate surface area is 187 Å². The van der Waals surface area contributed by atoms with Gasteiger partial charge < -0.3 is 42.7 Å². The Kier molecular flexibility index (Phi) is 12.9. The lowest BCUT2D eigenvalue weighted by Crippen LogP contribution is -2.59. The molecule has 0 aromatic rings. The largest absolute Gasteiger partial charge is 0.481 e. The van der Waals surface area contributed by atoms with Gasteiger partial charge in [-0.05, 0) is 25.4 Å². The molecular weight excluding hydrogens is 450 g/mol. The first-order valence-corrected chi connectivity index (χ1v) is 10.8. The quantitative estimate of drug-likeness (QED) is 0.114. The maximum atomic E-state index is 12.6. The Balaban J connectivity index is 5.49. The first-order chi connectivity index (χ1) is 14.8. The number of hydrogen-bond acceptors (Lipinski definition) is 9. The topological polar surface area (TPSA) is 251 Å². The number of rotatable bonds is 15. The van der Waals surface area contributed by atoms with Crippen LogP contribution in [0.15, 0.2) is 0 Å². The smallest absolute Gasteiger partial charge is 0.328 e. The van der Waals surface area contributed by atoms with Gasteiger partial charge in [-0.2, -0.15) is 11.8 Å². The summed E-state index contributed by atoms with van der Waals surface area (Å²) in [7, 11) is 0. The zero-order valence-electron chi connectivity index (χ0n) is 17.6. The molecule has 0 saturated carbocycles. The highest BCUT2D eigenvalue weighted by molar-refractivity contribution is 7.98. The number of amides is 4. The van der Waals surface area contributed by atoms with E-state index in [0.717, 1.165) is 6.92 Å². The van der Waals surface area contributed by atoms with Crippen LogP contribution in [0.4, 0.5) is 0 Å². The summed E-state index contributed by atoms with van der Waals surface area (Å²) in [5, 5.41) is 33.8. The van der Waals surface area contributed by atoms with Crippen molar-refractivity contribution in [3.8, 4) is 0 Å². The van der Waals surface area contributed by atoms with E-state index >= 15 is 0 Å². The summed E-state index contributed by atoms with van der Waals surface area (Å²) in [5.41, 5.74) is 10.8. The van der Waals surface area contributed by atoms with Crippen molar-refractivity contribution in [3.63, 3.8) is 0 Å². The van der Waals surface area contributed by atoms with Crippen molar-refractivity contribution >= 4 is 47.3 Å². The summed E-state index contributed by atoms with van der Waals surface area (Å²) < 4.78 is 0. The lowest BCUT2D eigenvalue weighted by Gasteiger charge is -2.24. The van der Waals surface area contributed by atoms with Crippen LogP contribution in [0.3, 0.4) is 0 Å². The van der Waals surface area contributed by atoms with Gasteiger partial charge in [-0.3, -0.25) is 24.0 Å². The van der Waals surface area contributed by atoms with Gasteiger partial charge in [0.05, 0.1) is 25.0 Å². The highest BCUT2D eigenvalue weighted by Gasteiger charge is 2.33. The molecule has 0 radical (unpaired) electrons. The molecule has 0 aromatic heterocycles. The second-order valence-electron chi connectivity index (χ2n) is 6.84. The Bertz CT molecular complexity index is 719. The van der Waals surface area contributed by atoms with Gasteiger partial charge in [0.25, 0.3) is 0 Å². The molecule has 0 saturated heterocycles. The van der Waals surface area contributed by atoms with Crippen molar-refractivity contribution in [1.82, 2.24) is 16.0 Å². The second kappa shape index (κ2) is 14.2. The van der Waals surface area contributed by atoms with Crippen molar-refractivity contribution in [2.45, 2.75) is 56.5 Å². The summed E-state index contributed by atoms with van der Waals surface area (Å²) in [5.74, 6) is -6.61. The fraction of sp³-hybridized carbons (Fsp3) is 0.647. The zero-order valence-corrected chi connectivity index (χ0v) is 18.4. The minimum absolute atomic E-state index is 0.261.